The summed E-state index contributed by atoms with van der Waals surface area (Å²) < 4.78 is 9.42. The monoisotopic (exact) mass is 237 g/mol. The van der Waals surface area contributed by atoms with Crippen LogP contribution in [0.4, 0.5) is 0 Å². The summed E-state index contributed by atoms with van der Waals surface area (Å²) in [6, 6.07) is 5.69. The third kappa shape index (κ3) is 3.57. The summed E-state index contributed by atoms with van der Waals surface area (Å²) in [5, 5.41) is 0. The molecule has 5 heteroatoms. The molecule has 0 aliphatic rings. The molecule has 0 spiro atoms. The van der Waals surface area contributed by atoms with Gasteiger partial charge >= 0.3 is 5.97 Å². The van der Waals surface area contributed by atoms with Gasteiger partial charge in [-0.05, 0) is 24.3 Å². The molecule has 1 rings (SSSR count). The molecule has 5 nitrogen and oxygen atoms in total. The minimum Gasteiger partial charge on any atom is -0.497 e. The van der Waals surface area contributed by atoms with Gasteiger partial charge in [0.1, 0.15) is 11.8 Å². The lowest BCUT2D eigenvalue weighted by Gasteiger charge is -2.08. The number of carbonyl (C=O) groups excluding carboxylic acids is 2. The van der Waals surface area contributed by atoms with Crippen molar-refractivity contribution in [2.75, 3.05) is 14.2 Å². The summed E-state index contributed by atoms with van der Waals surface area (Å²) in [6.07, 6.45) is -0.0704. The van der Waals surface area contributed by atoms with Gasteiger partial charge in [-0.3, -0.25) is 9.59 Å². The van der Waals surface area contributed by atoms with E-state index in [-0.39, 0.29) is 12.2 Å². The van der Waals surface area contributed by atoms with E-state index in [0.29, 0.717) is 11.3 Å². The Hall–Kier alpha value is -1.88. The van der Waals surface area contributed by atoms with Crippen molar-refractivity contribution in [3.8, 4) is 5.75 Å². The van der Waals surface area contributed by atoms with E-state index in [2.05, 4.69) is 4.74 Å². The first kappa shape index (κ1) is 13.2. The van der Waals surface area contributed by atoms with Crippen LogP contribution in [0.5, 0.6) is 5.75 Å². The molecule has 17 heavy (non-hydrogen) atoms. The fourth-order valence-electron chi connectivity index (χ4n) is 1.33. The molecule has 0 aliphatic carbocycles. The van der Waals surface area contributed by atoms with Crippen molar-refractivity contribution in [2.24, 2.45) is 5.73 Å². The molecule has 0 aliphatic heterocycles. The molecule has 0 fully saturated rings. The van der Waals surface area contributed by atoms with Crippen LogP contribution in [0.15, 0.2) is 24.3 Å². The van der Waals surface area contributed by atoms with Crippen molar-refractivity contribution < 1.29 is 19.1 Å². The van der Waals surface area contributed by atoms with Crippen LogP contribution in [0.1, 0.15) is 16.8 Å². The summed E-state index contributed by atoms with van der Waals surface area (Å²) in [6.45, 7) is 0. The zero-order valence-electron chi connectivity index (χ0n) is 9.80. The van der Waals surface area contributed by atoms with E-state index in [0.717, 1.165) is 0 Å². The van der Waals surface area contributed by atoms with E-state index in [1.165, 1.54) is 7.11 Å². The lowest BCUT2D eigenvalue weighted by atomic mass is 10.0. The highest BCUT2D eigenvalue weighted by Gasteiger charge is 2.18. The number of ketones is 1. The third-order valence-electron chi connectivity index (χ3n) is 2.32. The molecule has 1 aromatic rings. The minimum atomic E-state index is -0.922. The summed E-state index contributed by atoms with van der Waals surface area (Å²) in [4.78, 5) is 22.8. The van der Waals surface area contributed by atoms with Gasteiger partial charge in [-0.15, -0.1) is 0 Å². The third-order valence-corrected chi connectivity index (χ3v) is 2.32. The molecule has 0 saturated carbocycles. The Balaban J connectivity index is 2.66. The van der Waals surface area contributed by atoms with Crippen molar-refractivity contribution in [3.63, 3.8) is 0 Å². The average Bonchev–Trinajstić information content (AvgIpc) is 2.37. The van der Waals surface area contributed by atoms with E-state index < -0.39 is 12.0 Å². The van der Waals surface area contributed by atoms with Gasteiger partial charge in [0.2, 0.25) is 0 Å². The van der Waals surface area contributed by atoms with Crippen molar-refractivity contribution in [3.05, 3.63) is 29.8 Å². The van der Waals surface area contributed by atoms with Crippen molar-refractivity contribution in [1.29, 1.82) is 0 Å². The molecule has 0 heterocycles. The number of hydrogen-bond acceptors (Lipinski definition) is 5. The van der Waals surface area contributed by atoms with E-state index >= 15 is 0 Å². The highest BCUT2D eigenvalue weighted by molar-refractivity contribution is 5.98. The average molecular weight is 237 g/mol. The Kier molecular flexibility index (Phi) is 4.66. The van der Waals surface area contributed by atoms with Gasteiger partial charge in [-0.2, -0.15) is 0 Å². The van der Waals surface area contributed by atoms with E-state index in [4.69, 9.17) is 10.5 Å². The van der Waals surface area contributed by atoms with Crippen LogP contribution in [-0.2, 0) is 9.53 Å². The van der Waals surface area contributed by atoms with E-state index in [1.807, 2.05) is 0 Å². The first-order valence-corrected chi connectivity index (χ1v) is 5.09. The maximum absolute atomic E-state index is 11.7. The zero-order chi connectivity index (χ0) is 12.8. The molecule has 0 aromatic heterocycles. The van der Waals surface area contributed by atoms with Gasteiger partial charge in [0.15, 0.2) is 5.78 Å². The predicted molar refractivity (Wildman–Crippen MR) is 61.9 cm³/mol. The number of nitrogens with two attached hydrogens (primary N) is 1. The van der Waals surface area contributed by atoms with Gasteiger partial charge in [-0.1, -0.05) is 0 Å². The Morgan fingerprint density at radius 1 is 1.24 bits per heavy atom. The van der Waals surface area contributed by atoms with Crippen LogP contribution in [0.25, 0.3) is 0 Å². The van der Waals surface area contributed by atoms with Crippen LogP contribution in [0.3, 0.4) is 0 Å². The first-order valence-electron chi connectivity index (χ1n) is 5.09. The summed E-state index contributed by atoms with van der Waals surface area (Å²) >= 11 is 0. The molecule has 2 N–H and O–H groups in total. The number of carbonyl (C=O) groups is 2. The van der Waals surface area contributed by atoms with Crippen LogP contribution in [-0.4, -0.2) is 32.0 Å². The second-order valence-corrected chi connectivity index (χ2v) is 3.49. The van der Waals surface area contributed by atoms with E-state index in [1.54, 1.807) is 31.4 Å². The van der Waals surface area contributed by atoms with Gasteiger partial charge in [0.05, 0.1) is 14.2 Å². The quantitative estimate of drug-likeness (QED) is 0.604. The summed E-state index contributed by atoms with van der Waals surface area (Å²) in [5.74, 6) is -0.128. The van der Waals surface area contributed by atoms with Crippen LogP contribution >= 0.6 is 0 Å². The molecule has 1 aromatic carbocycles. The van der Waals surface area contributed by atoms with Crippen molar-refractivity contribution in [1.82, 2.24) is 0 Å². The van der Waals surface area contributed by atoms with Crippen LogP contribution in [0.2, 0.25) is 0 Å². The van der Waals surface area contributed by atoms with Gasteiger partial charge < -0.3 is 15.2 Å². The number of methoxy groups -OCH3 is 2. The number of ether oxygens (including phenoxy) is 2. The summed E-state index contributed by atoms with van der Waals surface area (Å²) in [7, 11) is 2.78. The number of Topliss-reactive ketones (excluding diaryl/α,β-unsaturated/α-hetero) is 1. The lowest BCUT2D eigenvalue weighted by molar-refractivity contribution is -0.142. The largest absolute Gasteiger partial charge is 0.497 e. The highest BCUT2D eigenvalue weighted by Crippen LogP contribution is 2.13. The fourth-order valence-corrected chi connectivity index (χ4v) is 1.33. The smallest absolute Gasteiger partial charge is 0.323 e. The number of hydrogen-bond donors (Lipinski definition) is 1. The number of benzene rings is 1. The Morgan fingerprint density at radius 3 is 2.29 bits per heavy atom. The second kappa shape index (κ2) is 6.00. The van der Waals surface area contributed by atoms with Gasteiger partial charge in [0.25, 0.3) is 0 Å². The lowest BCUT2D eigenvalue weighted by Crippen LogP contribution is -2.33. The molecule has 0 bridgehead atoms. The maximum atomic E-state index is 11.7. The zero-order valence-corrected chi connectivity index (χ0v) is 9.80. The fraction of sp³-hybridized carbons (Fsp3) is 0.333. The Bertz CT molecular complexity index is 399. The van der Waals surface area contributed by atoms with Crippen molar-refractivity contribution in [2.45, 2.75) is 12.5 Å². The van der Waals surface area contributed by atoms with Crippen LogP contribution < -0.4 is 10.5 Å². The standard InChI is InChI=1S/C12H15NO4/c1-16-9-5-3-8(4-6-9)11(14)7-10(13)12(15)17-2/h3-6,10H,7,13H2,1-2H3. The SMILES string of the molecule is COC(=O)C(N)CC(=O)c1ccc(OC)cc1. The predicted octanol–water partition coefficient (Wildman–Crippen LogP) is 0.768. The molecule has 1 atom stereocenters. The second-order valence-electron chi connectivity index (χ2n) is 3.49. The normalized spacial score (nSPS) is 11.7. The molecule has 0 saturated heterocycles. The Morgan fingerprint density at radius 2 is 1.82 bits per heavy atom. The Labute approximate surface area is 99.5 Å². The van der Waals surface area contributed by atoms with Gasteiger partial charge in [-0.25, -0.2) is 0 Å². The molecule has 1 unspecified atom stereocenters. The maximum Gasteiger partial charge on any atom is 0.323 e. The minimum absolute atomic E-state index is 0.0704. The number of esters is 1. The molecule has 0 radical (unpaired) electrons. The molecular formula is C12H15NO4. The molecule has 92 valence electrons. The summed E-state index contributed by atoms with van der Waals surface area (Å²) in [5.41, 5.74) is 5.99. The first-order chi connectivity index (χ1) is 8.08. The van der Waals surface area contributed by atoms with E-state index in [9.17, 15) is 9.59 Å². The highest BCUT2D eigenvalue weighted by atomic mass is 16.5. The van der Waals surface area contributed by atoms with Gasteiger partial charge in [0, 0.05) is 12.0 Å². The molecule has 0 amide bonds. The molecular weight excluding hydrogens is 222 g/mol. The van der Waals surface area contributed by atoms with Crippen molar-refractivity contribution >= 4 is 11.8 Å². The topological polar surface area (TPSA) is 78.6 Å². The number of rotatable bonds is 5. The van der Waals surface area contributed by atoms with Crippen LogP contribution in [0, 0.1) is 0 Å².